The smallest absolute Gasteiger partial charge is 0.119 e. The molecule has 0 bridgehead atoms. The minimum atomic E-state index is 0.207. The lowest BCUT2D eigenvalue weighted by Gasteiger charge is -2.29. The molecule has 1 saturated heterocycles. The summed E-state index contributed by atoms with van der Waals surface area (Å²) in [5.74, 6) is 1.03. The fourth-order valence-corrected chi connectivity index (χ4v) is 5.07. The van der Waals surface area contributed by atoms with Gasteiger partial charge in [-0.25, -0.2) is 0 Å². The van der Waals surface area contributed by atoms with Gasteiger partial charge in [0.05, 0.1) is 23.7 Å². The first-order valence-electron chi connectivity index (χ1n) is 11.7. The molecular formula is C28H27ClN4O. The molecule has 172 valence electrons. The van der Waals surface area contributed by atoms with Gasteiger partial charge < -0.3 is 14.2 Å². The van der Waals surface area contributed by atoms with Crippen LogP contribution in [0.2, 0.25) is 5.02 Å². The minimum Gasteiger partial charge on any atom is -0.497 e. The second-order valence-electron chi connectivity index (χ2n) is 8.81. The van der Waals surface area contributed by atoms with E-state index in [1.54, 1.807) is 7.11 Å². The fraction of sp³-hybridized carbons (Fsp3) is 0.286. The molecule has 5 nitrogen and oxygen atoms in total. The predicted octanol–water partition coefficient (Wildman–Crippen LogP) is 6.27. The van der Waals surface area contributed by atoms with E-state index < -0.39 is 0 Å². The average Bonchev–Trinajstić information content (AvgIpc) is 3.28. The topological polar surface area (TPSA) is 54.1 Å². The fourth-order valence-electron chi connectivity index (χ4n) is 4.80. The molecule has 6 heteroatoms. The Morgan fingerprint density at radius 3 is 2.62 bits per heavy atom. The highest BCUT2D eigenvalue weighted by Crippen LogP contribution is 2.37. The van der Waals surface area contributed by atoms with Crippen molar-refractivity contribution in [3.63, 3.8) is 0 Å². The van der Waals surface area contributed by atoms with Crippen molar-refractivity contribution < 1.29 is 4.74 Å². The molecule has 0 N–H and O–H groups in total. The molecule has 2 aromatic carbocycles. The van der Waals surface area contributed by atoms with Gasteiger partial charge in [-0.1, -0.05) is 29.8 Å². The van der Waals surface area contributed by atoms with Crippen LogP contribution in [0, 0.1) is 17.2 Å². The summed E-state index contributed by atoms with van der Waals surface area (Å²) < 4.78 is 7.69. The summed E-state index contributed by atoms with van der Waals surface area (Å²) in [6, 6.07) is 18.7. The van der Waals surface area contributed by atoms with Gasteiger partial charge in [0.15, 0.2) is 0 Å². The Kier molecular flexibility index (Phi) is 6.53. The standard InChI is InChI=1S/C28H27ClN4O/c1-34-24-5-2-4-21(15-24)22-14-23(18-31-17-22)25-19-33(27-7-3-6-26(29)28(25)27)13-12-32-10-8-20(16-30)9-11-32/h2-7,14-15,17-20H,8-13H2,1H3. The third-order valence-electron chi connectivity index (χ3n) is 6.73. The molecular weight excluding hydrogens is 444 g/mol. The van der Waals surface area contributed by atoms with Crippen molar-refractivity contribution in [3.8, 4) is 34.1 Å². The van der Waals surface area contributed by atoms with E-state index in [0.29, 0.717) is 0 Å². The van der Waals surface area contributed by atoms with Gasteiger partial charge in [0.1, 0.15) is 5.75 Å². The van der Waals surface area contributed by atoms with E-state index in [9.17, 15) is 0 Å². The van der Waals surface area contributed by atoms with E-state index in [1.807, 2.05) is 42.7 Å². The largest absolute Gasteiger partial charge is 0.497 e. The van der Waals surface area contributed by atoms with Gasteiger partial charge in [-0.05, 0) is 61.8 Å². The van der Waals surface area contributed by atoms with E-state index in [1.165, 1.54) is 0 Å². The number of benzene rings is 2. The molecule has 3 heterocycles. The Morgan fingerprint density at radius 1 is 1.03 bits per heavy atom. The highest BCUT2D eigenvalue weighted by atomic mass is 35.5. The van der Waals surface area contributed by atoms with Gasteiger partial charge in [0.25, 0.3) is 0 Å². The number of methoxy groups -OCH3 is 1. The maximum absolute atomic E-state index is 9.16. The molecule has 0 aliphatic carbocycles. The molecule has 0 atom stereocenters. The molecule has 0 unspecified atom stereocenters. The Morgan fingerprint density at radius 2 is 1.82 bits per heavy atom. The highest BCUT2D eigenvalue weighted by Gasteiger charge is 2.19. The lowest BCUT2D eigenvalue weighted by atomic mass is 9.99. The number of ether oxygens (including phenoxy) is 1. The molecule has 1 aliphatic rings. The molecule has 5 rings (SSSR count). The number of hydrogen-bond donors (Lipinski definition) is 0. The van der Waals surface area contributed by atoms with E-state index in [-0.39, 0.29) is 5.92 Å². The number of nitriles is 1. The zero-order valence-corrected chi connectivity index (χ0v) is 20.0. The van der Waals surface area contributed by atoms with Crippen molar-refractivity contribution in [2.75, 3.05) is 26.7 Å². The van der Waals surface area contributed by atoms with Crippen molar-refractivity contribution in [2.24, 2.45) is 5.92 Å². The first kappa shape index (κ1) is 22.5. The van der Waals surface area contributed by atoms with Crippen molar-refractivity contribution in [1.29, 1.82) is 5.26 Å². The number of piperidine rings is 1. The molecule has 1 aliphatic heterocycles. The number of likely N-dealkylation sites (tertiary alicyclic amines) is 1. The molecule has 2 aromatic heterocycles. The maximum Gasteiger partial charge on any atom is 0.119 e. The third kappa shape index (κ3) is 4.52. The SMILES string of the molecule is COc1cccc(-c2cncc(-c3cn(CCN4CCC(C#N)CC4)c4cccc(Cl)c34)c2)c1. The number of rotatable bonds is 6. The van der Waals surface area contributed by atoms with Crippen molar-refractivity contribution in [3.05, 3.63) is 72.1 Å². The van der Waals surface area contributed by atoms with Gasteiger partial charge in [-0.2, -0.15) is 5.26 Å². The van der Waals surface area contributed by atoms with Gasteiger partial charge in [-0.3, -0.25) is 4.98 Å². The third-order valence-corrected chi connectivity index (χ3v) is 7.05. The Bertz CT molecular complexity index is 1350. The maximum atomic E-state index is 9.16. The number of hydrogen-bond acceptors (Lipinski definition) is 4. The second kappa shape index (κ2) is 9.89. The summed E-state index contributed by atoms with van der Waals surface area (Å²) in [4.78, 5) is 7.00. The quantitative estimate of drug-likeness (QED) is 0.333. The number of pyridine rings is 1. The van der Waals surface area contributed by atoms with Crippen molar-refractivity contribution in [1.82, 2.24) is 14.5 Å². The molecule has 0 spiro atoms. The summed E-state index contributed by atoms with van der Waals surface area (Å²) in [5.41, 5.74) is 5.34. The van der Waals surface area contributed by atoms with Crippen LogP contribution >= 0.6 is 11.6 Å². The van der Waals surface area contributed by atoms with Gasteiger partial charge in [0, 0.05) is 59.7 Å². The lowest BCUT2D eigenvalue weighted by Crippen LogP contribution is -2.35. The number of aromatic nitrogens is 2. The van der Waals surface area contributed by atoms with E-state index in [0.717, 1.165) is 82.9 Å². The highest BCUT2D eigenvalue weighted by molar-refractivity contribution is 6.36. The molecule has 0 amide bonds. The second-order valence-corrected chi connectivity index (χ2v) is 9.22. The van der Waals surface area contributed by atoms with Crippen LogP contribution in [0.15, 0.2) is 67.1 Å². The molecule has 4 aromatic rings. The zero-order valence-electron chi connectivity index (χ0n) is 19.2. The van der Waals surface area contributed by atoms with E-state index >= 15 is 0 Å². The van der Waals surface area contributed by atoms with E-state index in [2.05, 4.69) is 44.9 Å². The van der Waals surface area contributed by atoms with Crippen LogP contribution < -0.4 is 4.74 Å². The van der Waals surface area contributed by atoms with Crippen LogP contribution in [0.25, 0.3) is 33.2 Å². The van der Waals surface area contributed by atoms with Gasteiger partial charge in [-0.15, -0.1) is 0 Å². The van der Waals surface area contributed by atoms with Crippen LogP contribution in [0.5, 0.6) is 5.75 Å². The molecule has 0 radical (unpaired) electrons. The Balaban J connectivity index is 1.47. The molecule has 34 heavy (non-hydrogen) atoms. The van der Waals surface area contributed by atoms with Gasteiger partial charge in [0.2, 0.25) is 0 Å². The summed E-state index contributed by atoms with van der Waals surface area (Å²) in [5, 5.41) is 11.0. The predicted molar refractivity (Wildman–Crippen MR) is 137 cm³/mol. The van der Waals surface area contributed by atoms with Crippen LogP contribution in [0.1, 0.15) is 12.8 Å². The summed E-state index contributed by atoms with van der Waals surface area (Å²) in [6.07, 6.45) is 7.90. The molecule has 0 saturated carbocycles. The van der Waals surface area contributed by atoms with Crippen molar-refractivity contribution >= 4 is 22.5 Å². The van der Waals surface area contributed by atoms with Crippen LogP contribution in [0.4, 0.5) is 0 Å². The Labute approximate surface area is 205 Å². The number of nitrogens with zero attached hydrogens (tertiary/aromatic N) is 4. The Hall–Kier alpha value is -3.33. The van der Waals surface area contributed by atoms with Gasteiger partial charge >= 0.3 is 0 Å². The van der Waals surface area contributed by atoms with Crippen LogP contribution in [-0.4, -0.2) is 41.2 Å². The van der Waals surface area contributed by atoms with Crippen molar-refractivity contribution in [2.45, 2.75) is 19.4 Å². The van der Waals surface area contributed by atoms with Crippen LogP contribution in [-0.2, 0) is 6.54 Å². The lowest BCUT2D eigenvalue weighted by molar-refractivity contribution is 0.200. The zero-order chi connectivity index (χ0) is 23.5. The van der Waals surface area contributed by atoms with Crippen LogP contribution in [0.3, 0.4) is 0 Å². The minimum absolute atomic E-state index is 0.207. The van der Waals surface area contributed by atoms with E-state index in [4.69, 9.17) is 21.6 Å². The average molecular weight is 471 g/mol. The monoisotopic (exact) mass is 470 g/mol. The normalized spacial score (nSPS) is 14.9. The molecule has 1 fully saturated rings. The summed E-state index contributed by atoms with van der Waals surface area (Å²) >= 11 is 6.71. The first-order chi connectivity index (χ1) is 16.7. The number of halogens is 1. The first-order valence-corrected chi connectivity index (χ1v) is 12.0. The summed E-state index contributed by atoms with van der Waals surface area (Å²) in [7, 11) is 1.68. The number of fused-ring (bicyclic) bond motifs is 1. The summed E-state index contributed by atoms with van der Waals surface area (Å²) in [6.45, 7) is 3.79.